The number of hydrogen-bond acceptors (Lipinski definition) is 4. The number of nitrogens with zero attached hydrogens (tertiary/aromatic N) is 1. The highest BCUT2D eigenvalue weighted by molar-refractivity contribution is 7.89. The maximum absolute atomic E-state index is 12.6. The molecule has 2 aromatic rings. The second kappa shape index (κ2) is 5.33. The summed E-state index contributed by atoms with van der Waals surface area (Å²) in [7, 11) is -0.584. The molecule has 1 aromatic carbocycles. The summed E-state index contributed by atoms with van der Waals surface area (Å²) in [5.41, 5.74) is -0.592. The van der Waals surface area contributed by atoms with Crippen molar-refractivity contribution >= 4 is 26.9 Å². The fourth-order valence-electron chi connectivity index (χ4n) is 2.93. The molecule has 0 amide bonds. The number of sulfonamides is 1. The number of aryl methyl sites for hydroxylation is 1. The third-order valence-electron chi connectivity index (χ3n) is 4.39. The SMILES string of the molecule is COC1CC(NS(=O)(=O)c2ccc3c(ccn3C)c2)(C(=O)O)C1. The number of rotatable bonds is 5. The Labute approximate surface area is 133 Å². The van der Waals surface area contributed by atoms with Crippen LogP contribution in [0.15, 0.2) is 35.4 Å². The Morgan fingerprint density at radius 1 is 1.39 bits per heavy atom. The van der Waals surface area contributed by atoms with E-state index in [0.717, 1.165) is 10.9 Å². The molecule has 1 aromatic heterocycles. The van der Waals surface area contributed by atoms with Gasteiger partial charge in [-0.05, 0) is 24.3 Å². The molecule has 1 heterocycles. The lowest BCUT2D eigenvalue weighted by Crippen LogP contribution is -2.64. The molecule has 0 aliphatic heterocycles. The van der Waals surface area contributed by atoms with E-state index in [9.17, 15) is 18.3 Å². The third kappa shape index (κ3) is 2.62. The van der Waals surface area contributed by atoms with Crippen LogP contribution in [0.3, 0.4) is 0 Å². The van der Waals surface area contributed by atoms with Crippen LogP contribution in [0.5, 0.6) is 0 Å². The minimum Gasteiger partial charge on any atom is -0.480 e. The zero-order valence-corrected chi connectivity index (χ0v) is 13.6. The molecule has 0 radical (unpaired) electrons. The highest BCUT2D eigenvalue weighted by Gasteiger charge is 2.53. The predicted octanol–water partition coefficient (Wildman–Crippen LogP) is 1.09. The number of methoxy groups -OCH3 is 1. The van der Waals surface area contributed by atoms with Gasteiger partial charge in [0.15, 0.2) is 0 Å². The van der Waals surface area contributed by atoms with E-state index < -0.39 is 21.5 Å². The average molecular weight is 338 g/mol. The number of fused-ring (bicyclic) bond motifs is 1. The summed E-state index contributed by atoms with van der Waals surface area (Å²) < 4.78 is 34.4. The molecule has 1 saturated carbocycles. The molecule has 1 fully saturated rings. The van der Waals surface area contributed by atoms with Crippen LogP contribution < -0.4 is 4.72 Å². The van der Waals surface area contributed by atoms with Crippen molar-refractivity contribution in [3.63, 3.8) is 0 Å². The highest BCUT2D eigenvalue weighted by Crippen LogP contribution is 2.36. The molecule has 0 unspecified atom stereocenters. The molecule has 0 atom stereocenters. The molecular formula is C15H18N2O5S. The first-order valence-electron chi connectivity index (χ1n) is 7.13. The first kappa shape index (κ1) is 16.0. The molecule has 23 heavy (non-hydrogen) atoms. The van der Waals surface area contributed by atoms with E-state index in [0.29, 0.717) is 0 Å². The maximum Gasteiger partial charge on any atom is 0.325 e. The number of hydrogen-bond donors (Lipinski definition) is 2. The van der Waals surface area contributed by atoms with Gasteiger partial charge in [-0.1, -0.05) is 0 Å². The van der Waals surface area contributed by atoms with Crippen LogP contribution >= 0.6 is 0 Å². The predicted molar refractivity (Wildman–Crippen MR) is 83.6 cm³/mol. The van der Waals surface area contributed by atoms with Crippen LogP contribution in [0.25, 0.3) is 10.9 Å². The van der Waals surface area contributed by atoms with Gasteiger partial charge in [0.1, 0.15) is 5.54 Å². The minimum absolute atomic E-state index is 0.0534. The molecule has 3 rings (SSSR count). The number of carboxylic acids is 1. The molecule has 1 aliphatic rings. The Kier molecular flexibility index (Phi) is 3.70. The Balaban J connectivity index is 1.92. The molecule has 0 saturated heterocycles. The van der Waals surface area contributed by atoms with Crippen LogP contribution in [0.2, 0.25) is 0 Å². The quantitative estimate of drug-likeness (QED) is 0.850. The number of carbonyl (C=O) groups is 1. The van der Waals surface area contributed by atoms with Gasteiger partial charge >= 0.3 is 5.97 Å². The van der Waals surface area contributed by atoms with Crippen LogP contribution in [0.1, 0.15) is 12.8 Å². The summed E-state index contributed by atoms with van der Waals surface area (Å²) in [6.07, 6.45) is 1.82. The summed E-state index contributed by atoms with van der Waals surface area (Å²) in [6, 6.07) is 6.54. The molecule has 8 heteroatoms. The molecule has 124 valence electrons. The number of benzene rings is 1. The van der Waals surface area contributed by atoms with E-state index in [4.69, 9.17) is 4.74 Å². The lowest BCUT2D eigenvalue weighted by atomic mass is 9.75. The second-order valence-corrected chi connectivity index (χ2v) is 7.59. The zero-order chi connectivity index (χ0) is 16.8. The Hall–Kier alpha value is -1.90. The van der Waals surface area contributed by atoms with E-state index >= 15 is 0 Å². The van der Waals surface area contributed by atoms with Gasteiger partial charge in [0.05, 0.1) is 11.0 Å². The van der Waals surface area contributed by atoms with Crippen molar-refractivity contribution in [2.45, 2.75) is 29.4 Å². The Bertz CT molecular complexity index is 865. The van der Waals surface area contributed by atoms with E-state index in [2.05, 4.69) is 4.72 Å². The van der Waals surface area contributed by atoms with Gasteiger partial charge in [0.25, 0.3) is 0 Å². The van der Waals surface area contributed by atoms with Crippen molar-refractivity contribution < 1.29 is 23.1 Å². The first-order valence-corrected chi connectivity index (χ1v) is 8.61. The minimum atomic E-state index is -3.93. The fourth-order valence-corrected chi connectivity index (χ4v) is 4.34. The van der Waals surface area contributed by atoms with Crippen molar-refractivity contribution in [2.75, 3.05) is 7.11 Å². The largest absolute Gasteiger partial charge is 0.480 e. The van der Waals surface area contributed by atoms with E-state index in [-0.39, 0.29) is 23.8 Å². The number of aromatic nitrogens is 1. The normalized spacial score (nSPS) is 24.5. The highest BCUT2D eigenvalue weighted by atomic mass is 32.2. The van der Waals surface area contributed by atoms with Crippen molar-refractivity contribution in [2.24, 2.45) is 7.05 Å². The molecule has 1 aliphatic carbocycles. The molecule has 0 bridgehead atoms. The standard InChI is InChI=1S/C15H18N2O5S/c1-17-6-5-10-7-12(3-4-13(10)17)23(20,21)16-15(14(18)19)8-11(9-15)22-2/h3-7,11,16H,8-9H2,1-2H3,(H,18,19). The lowest BCUT2D eigenvalue weighted by molar-refractivity contribution is -0.154. The van der Waals surface area contributed by atoms with Gasteiger partial charge in [-0.2, -0.15) is 4.72 Å². The van der Waals surface area contributed by atoms with Gasteiger partial charge in [0.2, 0.25) is 10.0 Å². The number of aliphatic carboxylic acids is 1. The monoisotopic (exact) mass is 338 g/mol. The summed E-state index contributed by atoms with van der Waals surface area (Å²) in [5.74, 6) is -1.19. The first-order chi connectivity index (χ1) is 10.8. The summed E-state index contributed by atoms with van der Waals surface area (Å²) in [5, 5.41) is 10.2. The van der Waals surface area contributed by atoms with Crippen LogP contribution in [0, 0.1) is 0 Å². The van der Waals surface area contributed by atoms with Gasteiger partial charge < -0.3 is 14.4 Å². The van der Waals surface area contributed by atoms with Crippen molar-refractivity contribution in [3.05, 3.63) is 30.5 Å². The van der Waals surface area contributed by atoms with Crippen LogP contribution in [-0.2, 0) is 26.6 Å². The molecular weight excluding hydrogens is 320 g/mol. The maximum atomic E-state index is 12.6. The molecule has 2 N–H and O–H groups in total. The zero-order valence-electron chi connectivity index (χ0n) is 12.8. The van der Waals surface area contributed by atoms with Crippen molar-refractivity contribution in [3.8, 4) is 0 Å². The van der Waals surface area contributed by atoms with Crippen molar-refractivity contribution in [1.29, 1.82) is 0 Å². The lowest BCUT2D eigenvalue weighted by Gasteiger charge is -2.43. The van der Waals surface area contributed by atoms with Crippen molar-refractivity contribution in [1.82, 2.24) is 9.29 Å². The van der Waals surface area contributed by atoms with Crippen LogP contribution in [0.4, 0.5) is 0 Å². The van der Waals surface area contributed by atoms with Crippen LogP contribution in [-0.4, -0.2) is 42.8 Å². The fraction of sp³-hybridized carbons (Fsp3) is 0.400. The van der Waals surface area contributed by atoms with E-state index in [1.807, 2.05) is 23.9 Å². The summed E-state index contributed by atoms with van der Waals surface area (Å²) in [6.45, 7) is 0. The van der Waals surface area contributed by atoms with Gasteiger partial charge in [-0.25, -0.2) is 8.42 Å². The smallest absolute Gasteiger partial charge is 0.325 e. The van der Waals surface area contributed by atoms with E-state index in [1.54, 1.807) is 12.1 Å². The number of nitrogens with one attached hydrogen (secondary N) is 1. The molecule has 0 spiro atoms. The van der Waals surface area contributed by atoms with Gasteiger partial charge in [-0.15, -0.1) is 0 Å². The number of ether oxygens (including phenoxy) is 1. The third-order valence-corrected chi connectivity index (χ3v) is 5.93. The number of carboxylic acid groups (broad SMARTS) is 1. The summed E-state index contributed by atoms with van der Waals surface area (Å²) in [4.78, 5) is 11.6. The topological polar surface area (TPSA) is 97.6 Å². The average Bonchev–Trinajstić information content (AvgIpc) is 2.83. The summed E-state index contributed by atoms with van der Waals surface area (Å²) >= 11 is 0. The second-order valence-electron chi connectivity index (χ2n) is 5.91. The van der Waals surface area contributed by atoms with Gasteiger partial charge in [-0.3, -0.25) is 4.79 Å². The van der Waals surface area contributed by atoms with Gasteiger partial charge in [0, 0.05) is 44.1 Å². The Morgan fingerprint density at radius 2 is 2.09 bits per heavy atom. The molecule has 7 nitrogen and oxygen atoms in total. The van der Waals surface area contributed by atoms with E-state index in [1.165, 1.54) is 13.2 Å². The Morgan fingerprint density at radius 3 is 2.70 bits per heavy atom.